The number of hydrogen-bond acceptors (Lipinski definition) is 5. The van der Waals surface area contributed by atoms with Crippen LogP contribution in [0.3, 0.4) is 0 Å². The molecule has 0 bridgehead atoms. The van der Waals surface area contributed by atoms with E-state index in [1.807, 2.05) is 54.6 Å². The van der Waals surface area contributed by atoms with Gasteiger partial charge in [0, 0.05) is 38.9 Å². The molecule has 1 aromatic heterocycles. The number of aliphatic imine (C=N–C) groups is 1. The van der Waals surface area contributed by atoms with Gasteiger partial charge in [-0.15, -0.1) is 0 Å². The van der Waals surface area contributed by atoms with Crippen molar-refractivity contribution in [3.8, 4) is 0 Å². The molecule has 1 atom stereocenters. The number of nitrogens with one attached hydrogen (secondary N) is 2. The Morgan fingerprint density at radius 2 is 1.81 bits per heavy atom. The fraction of sp³-hybridized carbons (Fsp3) is 0.107. The van der Waals surface area contributed by atoms with E-state index in [1.165, 1.54) is 6.33 Å². The number of aromatic nitrogens is 2. The number of fused-ring (bicyclic) bond motifs is 1. The van der Waals surface area contributed by atoms with Gasteiger partial charge in [-0.2, -0.15) is 0 Å². The number of nitrogens with zero attached hydrogens (tertiary/aromatic N) is 3. The highest BCUT2D eigenvalue weighted by Crippen LogP contribution is 2.29. The Morgan fingerprint density at radius 1 is 1.03 bits per heavy atom. The first kappa shape index (κ1) is 24.8. The topological polar surface area (TPSA) is 96.3 Å². The molecule has 0 fully saturated rings. The number of carbonyl (C=O) groups excluding carboxylic acids is 2. The molecule has 0 saturated heterocycles. The van der Waals surface area contributed by atoms with Gasteiger partial charge >= 0.3 is 0 Å². The summed E-state index contributed by atoms with van der Waals surface area (Å²) in [6, 6.07) is 21.7. The fourth-order valence-corrected chi connectivity index (χ4v) is 4.48. The lowest BCUT2D eigenvalue weighted by Gasteiger charge is -2.12. The lowest BCUT2D eigenvalue weighted by molar-refractivity contribution is -0.117. The van der Waals surface area contributed by atoms with E-state index in [0.29, 0.717) is 34.2 Å². The summed E-state index contributed by atoms with van der Waals surface area (Å²) in [7, 11) is 0. The van der Waals surface area contributed by atoms with Crippen LogP contribution in [0.5, 0.6) is 0 Å². The van der Waals surface area contributed by atoms with Gasteiger partial charge in [-0.25, -0.2) is 9.97 Å². The zero-order valence-corrected chi connectivity index (χ0v) is 21.8. The molecule has 0 spiro atoms. The second-order valence-electron chi connectivity index (χ2n) is 8.51. The quantitative estimate of drug-likeness (QED) is 0.319. The Kier molecular flexibility index (Phi) is 7.39. The van der Waals surface area contributed by atoms with E-state index in [0.717, 1.165) is 21.2 Å². The predicted molar refractivity (Wildman–Crippen MR) is 148 cm³/mol. The van der Waals surface area contributed by atoms with Gasteiger partial charge in [0.25, 0.3) is 0 Å². The van der Waals surface area contributed by atoms with Gasteiger partial charge in [0.2, 0.25) is 11.8 Å². The van der Waals surface area contributed by atoms with Crippen molar-refractivity contribution in [3.63, 3.8) is 0 Å². The van der Waals surface area contributed by atoms with Gasteiger partial charge in [0.15, 0.2) is 0 Å². The largest absolute Gasteiger partial charge is 0.326 e. The first-order chi connectivity index (χ1) is 17.9. The highest BCUT2D eigenvalue weighted by atomic mass is 79.9. The molecule has 2 amide bonds. The minimum absolute atomic E-state index is 0.149. The molecule has 4 aromatic rings. The third-order valence-electron chi connectivity index (χ3n) is 5.85. The number of carbonyl (C=O) groups is 2. The molecule has 1 unspecified atom stereocenters. The smallest absolute Gasteiger partial charge is 0.249 e. The number of hydrogen-bond donors (Lipinski definition) is 2. The third-order valence-corrected chi connectivity index (χ3v) is 6.62. The van der Waals surface area contributed by atoms with Gasteiger partial charge in [0.05, 0.1) is 23.5 Å². The van der Waals surface area contributed by atoms with Gasteiger partial charge in [0.1, 0.15) is 12.4 Å². The molecule has 1 aliphatic heterocycles. The Hall–Kier alpha value is -3.88. The number of benzene rings is 3. The normalized spacial score (nSPS) is 14.7. The molecule has 2 heterocycles. The van der Waals surface area contributed by atoms with Crippen LogP contribution in [-0.4, -0.2) is 33.5 Å². The molecule has 0 saturated carbocycles. The predicted octanol–water partition coefficient (Wildman–Crippen LogP) is 5.47. The third kappa shape index (κ3) is 6.10. The monoisotopic (exact) mass is 573 g/mol. The van der Waals surface area contributed by atoms with E-state index in [4.69, 9.17) is 16.6 Å². The van der Waals surface area contributed by atoms with Crippen LogP contribution in [0.15, 0.2) is 94.8 Å². The highest BCUT2D eigenvalue weighted by Gasteiger charge is 2.26. The lowest BCUT2D eigenvalue weighted by Crippen LogP contribution is -2.27. The molecule has 3 aromatic carbocycles. The Labute approximate surface area is 227 Å². The summed E-state index contributed by atoms with van der Waals surface area (Å²) in [6.45, 7) is 0. The molecular weight excluding hydrogens is 554 g/mol. The maximum Gasteiger partial charge on any atom is 0.249 e. The summed E-state index contributed by atoms with van der Waals surface area (Å²) >= 11 is 9.68. The van der Waals surface area contributed by atoms with Crippen LogP contribution in [0.4, 0.5) is 11.4 Å². The molecule has 5 rings (SSSR count). The van der Waals surface area contributed by atoms with Crippen molar-refractivity contribution in [1.82, 2.24) is 9.97 Å². The van der Waals surface area contributed by atoms with Crippen LogP contribution in [0.2, 0.25) is 5.02 Å². The zero-order chi connectivity index (χ0) is 25.8. The summed E-state index contributed by atoms with van der Waals surface area (Å²) < 4.78 is 0.969. The molecule has 0 radical (unpaired) electrons. The van der Waals surface area contributed by atoms with Gasteiger partial charge in [-0.3, -0.25) is 14.6 Å². The van der Waals surface area contributed by atoms with E-state index >= 15 is 0 Å². The van der Waals surface area contributed by atoms with Gasteiger partial charge in [-0.1, -0.05) is 51.8 Å². The molecule has 2 N–H and O–H groups in total. The molecule has 1 aliphatic rings. The second kappa shape index (κ2) is 11.0. The zero-order valence-electron chi connectivity index (χ0n) is 19.5. The van der Waals surface area contributed by atoms with Crippen molar-refractivity contribution in [2.24, 2.45) is 4.99 Å². The maximum atomic E-state index is 13.1. The van der Waals surface area contributed by atoms with Crippen LogP contribution in [0.1, 0.15) is 22.4 Å². The van der Waals surface area contributed by atoms with Crippen molar-refractivity contribution in [1.29, 1.82) is 0 Å². The van der Waals surface area contributed by atoms with E-state index in [2.05, 4.69) is 36.5 Å². The van der Waals surface area contributed by atoms with Crippen molar-refractivity contribution in [3.05, 3.63) is 117 Å². The minimum atomic E-state index is -0.630. The van der Waals surface area contributed by atoms with Crippen molar-refractivity contribution in [2.45, 2.75) is 18.9 Å². The summed E-state index contributed by atoms with van der Waals surface area (Å²) in [4.78, 5) is 38.4. The van der Waals surface area contributed by atoms with Crippen LogP contribution in [-0.2, 0) is 22.4 Å². The average molecular weight is 575 g/mol. The van der Waals surface area contributed by atoms with E-state index in [9.17, 15) is 9.59 Å². The van der Waals surface area contributed by atoms with Crippen LogP contribution >= 0.6 is 27.5 Å². The number of amides is 2. The first-order valence-electron chi connectivity index (χ1n) is 11.5. The van der Waals surface area contributed by atoms with Gasteiger partial charge in [-0.05, 0) is 54.1 Å². The Morgan fingerprint density at radius 3 is 2.54 bits per heavy atom. The molecule has 0 aliphatic carbocycles. The SMILES string of the molecule is O=C(Cc1ccncn1)Nc1ccc(C2=NC(Cc3ccc(Br)cc3)C(=O)Nc3cc(Cl)ccc32)cc1. The Bertz CT molecular complexity index is 1480. The number of benzodiazepines with no additional fused rings is 1. The number of anilines is 2. The van der Waals surface area contributed by atoms with Crippen LogP contribution in [0.25, 0.3) is 0 Å². The van der Waals surface area contributed by atoms with E-state index in [-0.39, 0.29) is 18.2 Å². The molecule has 37 heavy (non-hydrogen) atoms. The van der Waals surface area contributed by atoms with Crippen molar-refractivity contribution >= 4 is 56.4 Å². The van der Waals surface area contributed by atoms with E-state index < -0.39 is 6.04 Å². The maximum absolute atomic E-state index is 13.1. The number of halogens is 2. The summed E-state index contributed by atoms with van der Waals surface area (Å²) in [5.41, 5.74) is 5.15. The molecule has 184 valence electrons. The standard InChI is InChI=1S/C28H21BrClN5O2/c29-19-5-1-17(2-6-19)13-25-28(37)35-24-14-20(30)7-10-23(24)27(34-25)18-3-8-21(9-4-18)33-26(36)15-22-11-12-31-16-32-22/h1-12,14,16,25H,13,15H2,(H,33,36)(H,35,37). The summed E-state index contributed by atoms with van der Waals surface area (Å²) in [5, 5.41) is 6.40. The van der Waals surface area contributed by atoms with Gasteiger partial charge < -0.3 is 10.6 Å². The Balaban J connectivity index is 1.43. The van der Waals surface area contributed by atoms with Crippen LogP contribution in [0, 0.1) is 0 Å². The van der Waals surface area contributed by atoms with Crippen molar-refractivity contribution < 1.29 is 9.59 Å². The second-order valence-corrected chi connectivity index (χ2v) is 9.86. The van der Waals surface area contributed by atoms with Crippen LogP contribution < -0.4 is 10.6 Å². The fourth-order valence-electron chi connectivity index (χ4n) is 4.04. The highest BCUT2D eigenvalue weighted by molar-refractivity contribution is 9.10. The van der Waals surface area contributed by atoms with E-state index in [1.54, 1.807) is 24.4 Å². The molecule has 9 heteroatoms. The van der Waals surface area contributed by atoms with Crippen molar-refractivity contribution in [2.75, 3.05) is 10.6 Å². The summed E-state index contributed by atoms with van der Waals surface area (Å²) in [6.07, 6.45) is 3.62. The number of rotatable bonds is 6. The summed E-state index contributed by atoms with van der Waals surface area (Å²) in [5.74, 6) is -0.377. The molecule has 7 nitrogen and oxygen atoms in total. The molecular formula is C28H21BrClN5O2. The lowest BCUT2D eigenvalue weighted by atomic mass is 10.00. The minimum Gasteiger partial charge on any atom is -0.326 e. The first-order valence-corrected chi connectivity index (χ1v) is 12.7. The average Bonchev–Trinajstić information content (AvgIpc) is 3.02.